The molecule has 3 aromatic rings. The number of aromatic nitrogens is 2. The fraction of sp³-hybridized carbons (Fsp3) is 0.320. The average Bonchev–Trinajstić information content (AvgIpc) is 3.12. The van der Waals surface area contributed by atoms with Crippen molar-refractivity contribution >= 4 is 6.08 Å². The van der Waals surface area contributed by atoms with Crippen LogP contribution in [0.4, 0.5) is 4.39 Å². The van der Waals surface area contributed by atoms with E-state index in [1.54, 1.807) is 12.1 Å². The molecule has 1 heterocycles. The zero-order chi connectivity index (χ0) is 20.4. The normalized spacial score (nSPS) is 19.5. The first-order valence-electron chi connectivity index (χ1n) is 10.1. The minimum atomic E-state index is -0.240. The molecule has 0 saturated carbocycles. The van der Waals surface area contributed by atoms with E-state index in [1.165, 1.54) is 28.8 Å². The first kappa shape index (κ1) is 19.6. The summed E-state index contributed by atoms with van der Waals surface area (Å²) in [6.07, 6.45) is 7.08. The van der Waals surface area contributed by atoms with E-state index in [0.29, 0.717) is 0 Å². The standard InChI is InChI=1S/C25H27FN2O/c1-18-15-23-20(17-27-28(23)22-12-10-21(26)11-13-22)16-25(18,2)24(29-3)14-9-19-7-5-4-6-8-19/h4-8,10-13,15,17,24H,9,14,16H2,1-3H3/t24-,25+/m1/s1. The Morgan fingerprint density at radius 2 is 1.86 bits per heavy atom. The molecule has 1 aromatic heterocycles. The van der Waals surface area contributed by atoms with Crippen LogP contribution in [-0.4, -0.2) is 23.0 Å². The van der Waals surface area contributed by atoms with Crippen molar-refractivity contribution in [2.45, 2.75) is 39.2 Å². The molecule has 3 nitrogen and oxygen atoms in total. The van der Waals surface area contributed by atoms with Gasteiger partial charge in [-0.15, -0.1) is 0 Å². The molecule has 4 heteroatoms. The molecule has 0 bridgehead atoms. The van der Waals surface area contributed by atoms with Crippen molar-refractivity contribution in [3.8, 4) is 5.69 Å². The lowest BCUT2D eigenvalue weighted by atomic mass is 9.69. The Hall–Kier alpha value is -2.72. The monoisotopic (exact) mass is 390 g/mol. The zero-order valence-corrected chi connectivity index (χ0v) is 17.2. The van der Waals surface area contributed by atoms with E-state index < -0.39 is 0 Å². The number of ether oxygens (including phenoxy) is 1. The van der Waals surface area contributed by atoms with E-state index in [1.807, 2.05) is 24.1 Å². The van der Waals surface area contributed by atoms with Crippen LogP contribution in [0.2, 0.25) is 0 Å². The summed E-state index contributed by atoms with van der Waals surface area (Å²) in [7, 11) is 1.81. The lowest BCUT2D eigenvalue weighted by Gasteiger charge is -2.40. The van der Waals surface area contributed by atoms with Crippen molar-refractivity contribution < 1.29 is 9.13 Å². The Bertz CT molecular complexity index is 1010. The van der Waals surface area contributed by atoms with E-state index in [9.17, 15) is 4.39 Å². The van der Waals surface area contributed by atoms with E-state index in [-0.39, 0.29) is 17.3 Å². The van der Waals surface area contributed by atoms with Gasteiger partial charge in [-0.3, -0.25) is 0 Å². The van der Waals surface area contributed by atoms with E-state index in [0.717, 1.165) is 30.6 Å². The number of methoxy groups -OCH3 is 1. The molecule has 4 rings (SSSR count). The van der Waals surface area contributed by atoms with Crippen LogP contribution < -0.4 is 0 Å². The maximum atomic E-state index is 13.3. The number of hydrogen-bond acceptors (Lipinski definition) is 2. The Morgan fingerprint density at radius 1 is 1.14 bits per heavy atom. The van der Waals surface area contributed by atoms with Crippen molar-refractivity contribution in [1.82, 2.24) is 9.78 Å². The zero-order valence-electron chi connectivity index (χ0n) is 17.2. The van der Waals surface area contributed by atoms with E-state index in [2.05, 4.69) is 49.3 Å². The van der Waals surface area contributed by atoms with Crippen LogP contribution in [0.25, 0.3) is 11.8 Å². The molecule has 0 aliphatic heterocycles. The van der Waals surface area contributed by atoms with Crippen LogP contribution in [-0.2, 0) is 17.6 Å². The number of halogens is 1. The van der Waals surface area contributed by atoms with Crippen LogP contribution in [0.5, 0.6) is 0 Å². The highest BCUT2D eigenvalue weighted by molar-refractivity contribution is 5.60. The molecule has 0 radical (unpaired) electrons. The molecule has 0 fully saturated rings. The fourth-order valence-electron chi connectivity index (χ4n) is 4.38. The molecule has 0 spiro atoms. The van der Waals surface area contributed by atoms with Gasteiger partial charge in [-0.25, -0.2) is 9.07 Å². The number of nitrogens with zero attached hydrogens (tertiary/aromatic N) is 2. The topological polar surface area (TPSA) is 27.1 Å². The molecule has 0 N–H and O–H groups in total. The summed E-state index contributed by atoms with van der Waals surface area (Å²) in [5, 5.41) is 4.59. The van der Waals surface area contributed by atoms with Crippen LogP contribution in [0.1, 0.15) is 37.1 Å². The largest absolute Gasteiger partial charge is 0.381 e. The summed E-state index contributed by atoms with van der Waals surface area (Å²) >= 11 is 0. The third-order valence-corrected chi connectivity index (χ3v) is 6.30. The summed E-state index contributed by atoms with van der Waals surface area (Å²) in [4.78, 5) is 0. The summed E-state index contributed by atoms with van der Waals surface area (Å²) in [5.41, 5.74) is 5.67. The van der Waals surface area contributed by atoms with Gasteiger partial charge < -0.3 is 4.74 Å². The first-order valence-corrected chi connectivity index (χ1v) is 10.1. The second-order valence-corrected chi connectivity index (χ2v) is 8.11. The molecule has 1 aliphatic carbocycles. The van der Waals surface area contributed by atoms with Crippen LogP contribution in [0.3, 0.4) is 0 Å². The molecule has 0 unspecified atom stereocenters. The minimum Gasteiger partial charge on any atom is -0.381 e. The lowest BCUT2D eigenvalue weighted by Crippen LogP contribution is -2.39. The predicted molar refractivity (Wildman–Crippen MR) is 115 cm³/mol. The van der Waals surface area contributed by atoms with Gasteiger partial charge >= 0.3 is 0 Å². The van der Waals surface area contributed by atoms with Gasteiger partial charge in [-0.2, -0.15) is 5.10 Å². The Balaban J connectivity index is 1.59. The third kappa shape index (κ3) is 3.77. The second kappa shape index (κ2) is 7.96. The second-order valence-electron chi connectivity index (χ2n) is 8.11. The SMILES string of the molecule is CO[C@H](CCc1ccccc1)[C@@]1(C)Cc2cnn(-c3ccc(F)cc3)c2C=C1C. The molecule has 2 aromatic carbocycles. The predicted octanol–water partition coefficient (Wildman–Crippen LogP) is 5.62. The van der Waals surface area contributed by atoms with Gasteiger partial charge in [0.05, 0.1) is 23.7 Å². The smallest absolute Gasteiger partial charge is 0.123 e. The van der Waals surface area contributed by atoms with E-state index >= 15 is 0 Å². The summed E-state index contributed by atoms with van der Waals surface area (Å²) in [6, 6.07) is 17.0. The molecule has 29 heavy (non-hydrogen) atoms. The van der Waals surface area contributed by atoms with E-state index in [4.69, 9.17) is 4.74 Å². The third-order valence-electron chi connectivity index (χ3n) is 6.30. The maximum absolute atomic E-state index is 13.3. The van der Waals surface area contributed by atoms with Crippen molar-refractivity contribution in [3.63, 3.8) is 0 Å². The molecule has 150 valence electrons. The quantitative estimate of drug-likeness (QED) is 0.546. The fourth-order valence-corrected chi connectivity index (χ4v) is 4.38. The molecule has 1 aliphatic rings. The highest BCUT2D eigenvalue weighted by atomic mass is 19.1. The van der Waals surface area contributed by atoms with Gasteiger partial charge in [0.1, 0.15) is 5.82 Å². The van der Waals surface area contributed by atoms with Crippen molar-refractivity contribution in [2.24, 2.45) is 5.41 Å². The molecular formula is C25H27FN2O. The highest BCUT2D eigenvalue weighted by Gasteiger charge is 2.39. The minimum absolute atomic E-state index is 0.0901. The maximum Gasteiger partial charge on any atom is 0.123 e. The van der Waals surface area contributed by atoms with Gasteiger partial charge in [0, 0.05) is 12.5 Å². The number of hydrogen-bond donors (Lipinski definition) is 0. The van der Waals surface area contributed by atoms with Gasteiger partial charge in [0.25, 0.3) is 0 Å². The van der Waals surface area contributed by atoms with Gasteiger partial charge in [0.2, 0.25) is 0 Å². The van der Waals surface area contributed by atoms with Gasteiger partial charge in [-0.1, -0.05) is 42.8 Å². The van der Waals surface area contributed by atoms with Gasteiger partial charge in [-0.05, 0) is 67.7 Å². The lowest BCUT2D eigenvalue weighted by molar-refractivity contribution is 0.0106. The summed E-state index contributed by atoms with van der Waals surface area (Å²) < 4.78 is 21.2. The summed E-state index contributed by atoms with van der Waals surface area (Å²) in [6.45, 7) is 4.47. The van der Waals surface area contributed by atoms with Crippen molar-refractivity contribution in [3.05, 3.63) is 89.0 Å². The molecular weight excluding hydrogens is 363 g/mol. The van der Waals surface area contributed by atoms with Crippen LogP contribution in [0, 0.1) is 11.2 Å². The first-order chi connectivity index (χ1) is 14.0. The van der Waals surface area contributed by atoms with Crippen molar-refractivity contribution in [1.29, 1.82) is 0 Å². The highest BCUT2D eigenvalue weighted by Crippen LogP contribution is 2.43. The number of benzene rings is 2. The Labute approximate surface area is 171 Å². The van der Waals surface area contributed by atoms with Gasteiger partial charge in [0.15, 0.2) is 0 Å². The number of aryl methyl sites for hydroxylation is 1. The molecule has 2 atom stereocenters. The Kier molecular flexibility index (Phi) is 5.37. The van der Waals surface area contributed by atoms with Crippen LogP contribution in [0.15, 0.2) is 66.4 Å². The number of rotatable bonds is 6. The summed E-state index contributed by atoms with van der Waals surface area (Å²) in [5.74, 6) is -0.240. The molecule has 0 amide bonds. The number of fused-ring (bicyclic) bond motifs is 1. The van der Waals surface area contributed by atoms with Crippen molar-refractivity contribution in [2.75, 3.05) is 7.11 Å². The molecule has 0 saturated heterocycles. The van der Waals surface area contributed by atoms with Crippen LogP contribution >= 0.6 is 0 Å². The average molecular weight is 391 g/mol. The Morgan fingerprint density at radius 3 is 2.55 bits per heavy atom.